The molecule has 0 spiro atoms. The number of halogens is 1. The Morgan fingerprint density at radius 1 is 0.962 bits per heavy atom. The lowest BCUT2D eigenvalue weighted by atomic mass is 9.87. The van der Waals surface area contributed by atoms with Gasteiger partial charge in [0, 0.05) is 12.1 Å². The molecule has 3 heteroatoms. The molecule has 3 aromatic carbocycles. The normalized spacial score (nSPS) is 16.2. The number of hydrogen-bond donors (Lipinski definition) is 0. The van der Waals surface area contributed by atoms with Crippen LogP contribution in [0.3, 0.4) is 0 Å². The van der Waals surface area contributed by atoms with Gasteiger partial charge in [-0.25, -0.2) is 4.39 Å². The lowest BCUT2D eigenvalue weighted by Gasteiger charge is -2.38. The first-order valence-electron chi connectivity index (χ1n) is 8.84. The van der Waals surface area contributed by atoms with Gasteiger partial charge in [-0.05, 0) is 54.3 Å². The summed E-state index contributed by atoms with van der Waals surface area (Å²) in [5.74, 6) is -0.261. The molecule has 26 heavy (non-hydrogen) atoms. The molecule has 1 aliphatic heterocycles. The maximum absolute atomic E-state index is 13.4. The Labute approximate surface area is 152 Å². The van der Waals surface area contributed by atoms with Crippen molar-refractivity contribution in [3.63, 3.8) is 0 Å². The molecule has 0 radical (unpaired) electrons. The molecule has 0 N–H and O–H groups in total. The average Bonchev–Trinajstić information content (AvgIpc) is 2.68. The van der Waals surface area contributed by atoms with Crippen LogP contribution in [0.2, 0.25) is 0 Å². The van der Waals surface area contributed by atoms with Gasteiger partial charge in [0.15, 0.2) is 0 Å². The van der Waals surface area contributed by atoms with Gasteiger partial charge in [-0.3, -0.25) is 4.79 Å². The van der Waals surface area contributed by atoms with E-state index in [1.165, 1.54) is 17.7 Å². The summed E-state index contributed by atoms with van der Waals surface area (Å²) in [6.45, 7) is 2.65. The lowest BCUT2D eigenvalue weighted by Crippen LogP contribution is -2.40. The van der Waals surface area contributed by atoms with Gasteiger partial charge in [-0.15, -0.1) is 0 Å². The molecule has 0 fully saturated rings. The summed E-state index contributed by atoms with van der Waals surface area (Å²) >= 11 is 0. The minimum atomic E-state index is -0.269. The molecule has 4 rings (SSSR count). The van der Waals surface area contributed by atoms with Gasteiger partial charge >= 0.3 is 0 Å². The summed E-state index contributed by atoms with van der Waals surface area (Å²) in [6.07, 6.45) is 0.825. The van der Waals surface area contributed by atoms with Crippen molar-refractivity contribution in [1.29, 1.82) is 0 Å². The highest BCUT2D eigenvalue weighted by Crippen LogP contribution is 2.36. The minimum Gasteiger partial charge on any atom is -0.327 e. The number of amides is 1. The molecule has 0 saturated heterocycles. The zero-order valence-corrected chi connectivity index (χ0v) is 14.7. The second-order valence-electron chi connectivity index (χ2n) is 6.77. The lowest BCUT2D eigenvalue weighted by molar-refractivity contribution is 0.0694. The monoisotopic (exact) mass is 345 g/mol. The predicted molar refractivity (Wildman–Crippen MR) is 101 cm³/mol. The van der Waals surface area contributed by atoms with Crippen molar-refractivity contribution in [2.24, 2.45) is 0 Å². The Morgan fingerprint density at radius 3 is 2.38 bits per heavy atom. The van der Waals surface area contributed by atoms with Crippen LogP contribution in [0.5, 0.6) is 0 Å². The maximum atomic E-state index is 13.4. The molecular weight excluding hydrogens is 325 g/mol. The maximum Gasteiger partial charge on any atom is 0.254 e. The third-order valence-electron chi connectivity index (χ3n) is 5.03. The van der Waals surface area contributed by atoms with E-state index in [0.717, 1.165) is 23.1 Å². The molecule has 2 nitrogen and oxygen atoms in total. The van der Waals surface area contributed by atoms with Crippen LogP contribution >= 0.6 is 0 Å². The largest absolute Gasteiger partial charge is 0.327 e. The van der Waals surface area contributed by atoms with Gasteiger partial charge in [0.2, 0.25) is 0 Å². The van der Waals surface area contributed by atoms with Crippen molar-refractivity contribution >= 4 is 5.91 Å². The van der Waals surface area contributed by atoms with E-state index in [9.17, 15) is 9.18 Å². The third-order valence-corrected chi connectivity index (χ3v) is 5.03. The second-order valence-corrected chi connectivity index (χ2v) is 6.77. The molecule has 0 bridgehead atoms. The van der Waals surface area contributed by atoms with E-state index in [-0.39, 0.29) is 17.8 Å². The van der Waals surface area contributed by atoms with Crippen LogP contribution < -0.4 is 0 Å². The minimum absolute atomic E-state index is 0.00817. The molecule has 1 heterocycles. The van der Waals surface area contributed by atoms with Gasteiger partial charge in [0.05, 0.1) is 6.04 Å². The SMILES string of the molecule is Cc1ccc(C(=O)N2CCc3ccccc3[C@@H]2c2ccc(F)cc2)cc1. The van der Waals surface area contributed by atoms with Crippen molar-refractivity contribution in [3.05, 3.63) is 106 Å². The Bertz CT molecular complexity index is 931. The smallest absolute Gasteiger partial charge is 0.254 e. The Balaban J connectivity index is 1.78. The molecule has 1 atom stereocenters. The molecular formula is C23H20FNO. The first-order valence-corrected chi connectivity index (χ1v) is 8.84. The number of carbonyl (C=O) groups excluding carboxylic acids is 1. The number of aryl methyl sites for hydroxylation is 1. The Kier molecular flexibility index (Phi) is 4.29. The van der Waals surface area contributed by atoms with Gasteiger partial charge in [-0.2, -0.15) is 0 Å². The third kappa shape index (κ3) is 3.01. The molecule has 1 aliphatic rings. The van der Waals surface area contributed by atoms with E-state index < -0.39 is 0 Å². The van der Waals surface area contributed by atoms with E-state index in [2.05, 4.69) is 12.1 Å². The van der Waals surface area contributed by atoms with Crippen molar-refractivity contribution in [3.8, 4) is 0 Å². The van der Waals surface area contributed by atoms with Gasteiger partial charge < -0.3 is 4.90 Å². The fourth-order valence-corrected chi connectivity index (χ4v) is 3.65. The number of nitrogens with zero attached hydrogens (tertiary/aromatic N) is 1. The molecule has 3 aromatic rings. The van der Waals surface area contributed by atoms with E-state index in [1.54, 1.807) is 12.1 Å². The van der Waals surface area contributed by atoms with Crippen LogP contribution in [0.1, 0.15) is 38.7 Å². The number of fused-ring (bicyclic) bond motifs is 1. The van der Waals surface area contributed by atoms with Crippen LogP contribution in [0, 0.1) is 12.7 Å². The highest BCUT2D eigenvalue weighted by atomic mass is 19.1. The summed E-state index contributed by atoms with van der Waals surface area (Å²) in [7, 11) is 0. The number of carbonyl (C=O) groups is 1. The highest BCUT2D eigenvalue weighted by molar-refractivity contribution is 5.95. The topological polar surface area (TPSA) is 20.3 Å². The summed E-state index contributed by atoms with van der Waals surface area (Å²) < 4.78 is 13.4. The predicted octanol–water partition coefficient (Wildman–Crippen LogP) is 4.92. The molecule has 130 valence electrons. The zero-order valence-electron chi connectivity index (χ0n) is 14.7. The fraction of sp³-hybridized carbons (Fsp3) is 0.174. The van der Waals surface area contributed by atoms with Crippen molar-refractivity contribution < 1.29 is 9.18 Å². The quantitative estimate of drug-likeness (QED) is 0.645. The van der Waals surface area contributed by atoms with E-state index >= 15 is 0 Å². The highest BCUT2D eigenvalue weighted by Gasteiger charge is 2.32. The van der Waals surface area contributed by atoms with Crippen LogP contribution in [0.25, 0.3) is 0 Å². The second kappa shape index (κ2) is 6.75. The van der Waals surface area contributed by atoms with Crippen LogP contribution in [0.15, 0.2) is 72.8 Å². The summed E-state index contributed by atoms with van der Waals surface area (Å²) in [4.78, 5) is 15.1. The first kappa shape index (κ1) is 16.5. The fourth-order valence-electron chi connectivity index (χ4n) is 3.65. The van der Waals surface area contributed by atoms with E-state index in [1.807, 2.05) is 48.2 Å². The number of rotatable bonds is 2. The average molecular weight is 345 g/mol. The number of hydrogen-bond acceptors (Lipinski definition) is 1. The molecule has 0 aromatic heterocycles. The van der Waals surface area contributed by atoms with Crippen LogP contribution in [0.4, 0.5) is 4.39 Å². The van der Waals surface area contributed by atoms with Gasteiger partial charge in [-0.1, -0.05) is 54.1 Å². The van der Waals surface area contributed by atoms with E-state index in [0.29, 0.717) is 12.1 Å². The Morgan fingerprint density at radius 2 is 1.65 bits per heavy atom. The molecule has 0 unspecified atom stereocenters. The molecule has 0 aliphatic carbocycles. The summed E-state index contributed by atoms with van der Waals surface area (Å²) in [5.41, 5.74) is 5.10. The standard InChI is InChI=1S/C23H20FNO/c1-16-6-8-19(9-7-16)23(26)25-15-14-17-4-2-3-5-21(17)22(25)18-10-12-20(24)13-11-18/h2-13,22H,14-15H2,1H3/t22-/m0/s1. The number of benzene rings is 3. The van der Waals surface area contributed by atoms with Crippen molar-refractivity contribution in [2.75, 3.05) is 6.54 Å². The summed E-state index contributed by atoms with van der Waals surface area (Å²) in [5, 5.41) is 0. The first-order chi connectivity index (χ1) is 12.6. The zero-order chi connectivity index (χ0) is 18.1. The molecule has 1 amide bonds. The van der Waals surface area contributed by atoms with Crippen LogP contribution in [-0.4, -0.2) is 17.4 Å². The summed E-state index contributed by atoms with van der Waals surface area (Å²) in [6, 6.07) is 22.1. The van der Waals surface area contributed by atoms with Crippen molar-refractivity contribution in [1.82, 2.24) is 4.90 Å². The molecule has 0 saturated carbocycles. The van der Waals surface area contributed by atoms with E-state index in [4.69, 9.17) is 0 Å². The van der Waals surface area contributed by atoms with Crippen molar-refractivity contribution in [2.45, 2.75) is 19.4 Å². The van der Waals surface area contributed by atoms with Crippen LogP contribution in [-0.2, 0) is 6.42 Å². The Hall–Kier alpha value is -2.94. The van der Waals surface area contributed by atoms with Gasteiger partial charge in [0.1, 0.15) is 5.82 Å². The van der Waals surface area contributed by atoms with Gasteiger partial charge in [0.25, 0.3) is 5.91 Å².